The van der Waals surface area contributed by atoms with Crippen molar-refractivity contribution in [3.8, 4) is 11.5 Å². The minimum Gasteiger partial charge on any atom is -0.454 e. The van der Waals surface area contributed by atoms with Gasteiger partial charge in [-0.1, -0.05) is 13.3 Å². The Labute approximate surface area is 120 Å². The van der Waals surface area contributed by atoms with Crippen LogP contribution in [-0.2, 0) is 4.79 Å². The molecule has 0 saturated heterocycles. The van der Waals surface area contributed by atoms with Gasteiger partial charge in [0.05, 0.1) is 6.21 Å². The first kappa shape index (κ1) is 13.9. The lowest BCUT2D eigenvalue weighted by atomic mass is 10.2. The van der Waals surface area contributed by atoms with Crippen LogP contribution in [0.15, 0.2) is 21.7 Å². The highest BCUT2D eigenvalue weighted by Gasteiger charge is 2.15. The molecule has 0 atom stereocenters. The highest BCUT2D eigenvalue weighted by atomic mass is 79.9. The number of hydrazone groups is 1. The van der Waals surface area contributed by atoms with Gasteiger partial charge < -0.3 is 9.47 Å². The van der Waals surface area contributed by atoms with E-state index in [0.29, 0.717) is 17.9 Å². The Hall–Kier alpha value is -1.56. The van der Waals surface area contributed by atoms with E-state index in [1.54, 1.807) is 6.21 Å². The van der Waals surface area contributed by atoms with Gasteiger partial charge in [-0.3, -0.25) is 4.79 Å². The normalized spacial score (nSPS) is 12.9. The average molecular weight is 327 g/mol. The summed E-state index contributed by atoms with van der Waals surface area (Å²) in [7, 11) is 0. The van der Waals surface area contributed by atoms with Crippen LogP contribution in [0.4, 0.5) is 0 Å². The molecule has 0 spiro atoms. The van der Waals surface area contributed by atoms with Crippen LogP contribution < -0.4 is 14.9 Å². The Morgan fingerprint density at radius 2 is 2.21 bits per heavy atom. The second kappa shape index (κ2) is 6.56. The molecule has 0 aromatic heterocycles. The fourth-order valence-corrected chi connectivity index (χ4v) is 2.02. The number of nitrogens with one attached hydrogen (secondary N) is 1. The standard InChI is InChI=1S/C13H15BrN2O3/c1-2-3-4-13(17)16-15-7-9-5-11-12(6-10(9)14)19-8-18-11/h5-7H,2-4,8H2,1H3,(H,16,17). The highest BCUT2D eigenvalue weighted by molar-refractivity contribution is 9.10. The number of hydrogen-bond donors (Lipinski definition) is 1. The summed E-state index contributed by atoms with van der Waals surface area (Å²) >= 11 is 3.42. The molecule has 1 aromatic carbocycles. The smallest absolute Gasteiger partial charge is 0.240 e. The molecule has 1 heterocycles. The van der Waals surface area contributed by atoms with Crippen molar-refractivity contribution >= 4 is 28.1 Å². The highest BCUT2D eigenvalue weighted by Crippen LogP contribution is 2.36. The van der Waals surface area contributed by atoms with Crippen LogP contribution in [0.5, 0.6) is 11.5 Å². The number of unbranched alkanes of at least 4 members (excludes halogenated alkanes) is 1. The van der Waals surface area contributed by atoms with Crippen LogP contribution in [0.3, 0.4) is 0 Å². The maximum Gasteiger partial charge on any atom is 0.240 e. The van der Waals surface area contributed by atoms with Gasteiger partial charge in [0, 0.05) is 16.5 Å². The molecule has 0 fully saturated rings. The Balaban J connectivity index is 1.97. The van der Waals surface area contributed by atoms with Gasteiger partial charge >= 0.3 is 0 Å². The number of benzene rings is 1. The molecule has 1 aliphatic rings. The molecule has 0 aliphatic carbocycles. The third-order valence-electron chi connectivity index (χ3n) is 2.64. The summed E-state index contributed by atoms with van der Waals surface area (Å²) in [6, 6.07) is 3.64. The van der Waals surface area contributed by atoms with Gasteiger partial charge in [0.2, 0.25) is 12.7 Å². The summed E-state index contributed by atoms with van der Waals surface area (Å²) in [5.41, 5.74) is 3.32. The summed E-state index contributed by atoms with van der Waals surface area (Å²) in [6.07, 6.45) is 3.94. The van der Waals surface area contributed by atoms with E-state index in [-0.39, 0.29) is 12.7 Å². The number of fused-ring (bicyclic) bond motifs is 1. The number of carbonyl (C=O) groups excluding carboxylic acids is 1. The van der Waals surface area contributed by atoms with Crippen LogP contribution in [0, 0.1) is 0 Å². The van der Waals surface area contributed by atoms with Gasteiger partial charge in [-0.05, 0) is 34.5 Å². The first-order valence-electron chi connectivity index (χ1n) is 6.11. The van der Waals surface area contributed by atoms with Gasteiger partial charge in [-0.15, -0.1) is 0 Å². The van der Waals surface area contributed by atoms with Crippen molar-refractivity contribution in [1.29, 1.82) is 0 Å². The van der Waals surface area contributed by atoms with Crippen molar-refractivity contribution in [2.45, 2.75) is 26.2 Å². The van der Waals surface area contributed by atoms with Crippen molar-refractivity contribution in [2.24, 2.45) is 5.10 Å². The summed E-state index contributed by atoms with van der Waals surface area (Å²) in [5, 5.41) is 3.93. The molecule has 0 bridgehead atoms. The number of halogens is 1. The van der Waals surface area contributed by atoms with Crippen molar-refractivity contribution in [1.82, 2.24) is 5.43 Å². The van der Waals surface area contributed by atoms with Crippen LogP contribution in [0.25, 0.3) is 0 Å². The van der Waals surface area contributed by atoms with Gasteiger partial charge in [-0.2, -0.15) is 5.10 Å². The third-order valence-corrected chi connectivity index (χ3v) is 3.33. The number of rotatable bonds is 5. The van der Waals surface area contributed by atoms with Crippen LogP contribution >= 0.6 is 15.9 Å². The molecular weight excluding hydrogens is 312 g/mol. The molecule has 6 heteroatoms. The molecule has 0 saturated carbocycles. The molecule has 5 nitrogen and oxygen atoms in total. The van der Waals surface area contributed by atoms with E-state index in [1.807, 2.05) is 19.1 Å². The first-order valence-corrected chi connectivity index (χ1v) is 6.91. The fraction of sp³-hybridized carbons (Fsp3) is 0.385. The maximum atomic E-state index is 11.4. The number of carbonyl (C=O) groups is 1. The number of ether oxygens (including phenoxy) is 2. The zero-order valence-corrected chi connectivity index (χ0v) is 12.2. The van der Waals surface area contributed by atoms with Gasteiger partial charge in [0.1, 0.15) is 0 Å². The van der Waals surface area contributed by atoms with Gasteiger partial charge in [0.25, 0.3) is 0 Å². The zero-order chi connectivity index (χ0) is 13.7. The van der Waals surface area contributed by atoms with E-state index in [1.165, 1.54) is 0 Å². The molecule has 1 aromatic rings. The number of hydrogen-bond acceptors (Lipinski definition) is 4. The van der Waals surface area contributed by atoms with Crippen molar-refractivity contribution < 1.29 is 14.3 Å². The van der Waals surface area contributed by atoms with Gasteiger partial charge in [-0.25, -0.2) is 5.43 Å². The molecule has 1 aliphatic heterocycles. The third kappa shape index (κ3) is 3.70. The van der Waals surface area contributed by atoms with Crippen molar-refractivity contribution in [2.75, 3.05) is 6.79 Å². The molecular formula is C13H15BrN2O3. The first-order chi connectivity index (χ1) is 9.20. The largest absolute Gasteiger partial charge is 0.454 e. The Bertz CT molecular complexity index is 503. The number of amides is 1. The molecule has 0 radical (unpaired) electrons. The lowest BCUT2D eigenvalue weighted by Crippen LogP contribution is -2.16. The Morgan fingerprint density at radius 1 is 1.47 bits per heavy atom. The van der Waals surface area contributed by atoms with Gasteiger partial charge in [0.15, 0.2) is 11.5 Å². The molecule has 0 unspecified atom stereocenters. The predicted octanol–water partition coefficient (Wildman–Crippen LogP) is 2.82. The topological polar surface area (TPSA) is 59.9 Å². The number of nitrogens with zero attached hydrogens (tertiary/aromatic N) is 1. The van der Waals surface area contributed by atoms with Crippen molar-refractivity contribution in [3.05, 3.63) is 22.2 Å². The molecule has 1 amide bonds. The average Bonchev–Trinajstić information content (AvgIpc) is 2.83. The van der Waals surface area contributed by atoms with E-state index >= 15 is 0 Å². The summed E-state index contributed by atoms with van der Waals surface area (Å²) in [4.78, 5) is 11.4. The zero-order valence-electron chi connectivity index (χ0n) is 10.6. The second-order valence-corrected chi connectivity index (χ2v) is 4.98. The van der Waals surface area contributed by atoms with Crippen molar-refractivity contribution in [3.63, 3.8) is 0 Å². The summed E-state index contributed by atoms with van der Waals surface area (Å²) < 4.78 is 11.4. The quantitative estimate of drug-likeness (QED) is 0.668. The van der Waals surface area contributed by atoms with E-state index in [9.17, 15) is 4.79 Å². The van der Waals surface area contributed by atoms with Crippen LogP contribution in [0.2, 0.25) is 0 Å². The maximum absolute atomic E-state index is 11.4. The lowest BCUT2D eigenvalue weighted by molar-refractivity contribution is -0.121. The van der Waals surface area contributed by atoms with Crippen LogP contribution in [-0.4, -0.2) is 18.9 Å². The minimum atomic E-state index is -0.0741. The summed E-state index contributed by atoms with van der Waals surface area (Å²) in [6.45, 7) is 2.27. The second-order valence-electron chi connectivity index (χ2n) is 4.12. The Morgan fingerprint density at radius 3 is 2.95 bits per heavy atom. The lowest BCUT2D eigenvalue weighted by Gasteiger charge is -2.02. The predicted molar refractivity (Wildman–Crippen MR) is 75.5 cm³/mol. The van der Waals surface area contributed by atoms with E-state index < -0.39 is 0 Å². The minimum absolute atomic E-state index is 0.0741. The van der Waals surface area contributed by atoms with Crippen LogP contribution in [0.1, 0.15) is 31.7 Å². The van der Waals surface area contributed by atoms with E-state index in [0.717, 1.165) is 22.9 Å². The molecule has 1 N–H and O–H groups in total. The monoisotopic (exact) mass is 326 g/mol. The van der Waals surface area contributed by atoms with E-state index in [2.05, 4.69) is 26.5 Å². The SMILES string of the molecule is CCCCC(=O)NN=Cc1cc2c(cc1Br)OCO2. The molecule has 102 valence electrons. The molecule has 19 heavy (non-hydrogen) atoms. The fourth-order valence-electron chi connectivity index (χ4n) is 1.60. The molecule has 2 rings (SSSR count). The van der Waals surface area contributed by atoms with E-state index in [4.69, 9.17) is 9.47 Å². The Kier molecular flexibility index (Phi) is 4.79. The summed E-state index contributed by atoms with van der Waals surface area (Å²) in [5.74, 6) is 1.31.